The summed E-state index contributed by atoms with van der Waals surface area (Å²) in [5.41, 5.74) is -0.383. The summed E-state index contributed by atoms with van der Waals surface area (Å²) in [5, 5.41) is 10.6. The van der Waals surface area contributed by atoms with Crippen LogP contribution in [0.1, 0.15) is 20.7 Å². The van der Waals surface area contributed by atoms with E-state index in [9.17, 15) is 19.7 Å². The normalized spacial score (nSPS) is 9.62. The van der Waals surface area contributed by atoms with Crippen molar-refractivity contribution in [1.82, 2.24) is 0 Å². The number of hydrogen-bond donors (Lipinski definition) is 0. The van der Waals surface area contributed by atoms with Crippen molar-refractivity contribution >= 4 is 33.9 Å². The molecule has 0 spiro atoms. The van der Waals surface area contributed by atoms with E-state index in [-0.39, 0.29) is 21.3 Å². The molecule has 7 heteroatoms. The minimum absolute atomic E-state index is 0.0185. The topological polar surface area (TPSA) is 86.5 Å². The molecule has 0 fully saturated rings. The maximum atomic E-state index is 11.3. The third-order valence-electron chi connectivity index (χ3n) is 1.85. The highest BCUT2D eigenvalue weighted by Crippen LogP contribution is 2.28. The molecule has 0 aliphatic carbocycles. The quantitative estimate of drug-likeness (QED) is 0.367. The minimum Gasteiger partial charge on any atom is -0.465 e. The predicted octanol–water partition coefficient (Wildman–Crippen LogP) is 1.96. The summed E-state index contributed by atoms with van der Waals surface area (Å²) in [6, 6.07) is 2.21. The monoisotopic (exact) mass is 287 g/mol. The number of esters is 1. The van der Waals surface area contributed by atoms with Crippen molar-refractivity contribution in [3.63, 3.8) is 0 Å². The lowest BCUT2D eigenvalue weighted by molar-refractivity contribution is -0.385. The average Bonchev–Trinajstić information content (AvgIpc) is 2.27. The number of ether oxygens (including phenoxy) is 1. The van der Waals surface area contributed by atoms with E-state index >= 15 is 0 Å². The van der Waals surface area contributed by atoms with Gasteiger partial charge in [-0.3, -0.25) is 14.9 Å². The van der Waals surface area contributed by atoms with Gasteiger partial charge in [0.2, 0.25) is 0 Å². The summed E-state index contributed by atoms with van der Waals surface area (Å²) >= 11 is 2.94. The van der Waals surface area contributed by atoms with E-state index in [2.05, 4.69) is 20.7 Å². The van der Waals surface area contributed by atoms with E-state index in [1.807, 2.05) is 0 Å². The molecule has 0 bridgehead atoms. The Kier molecular flexibility index (Phi) is 3.73. The van der Waals surface area contributed by atoms with Crippen LogP contribution in [0.4, 0.5) is 5.69 Å². The van der Waals surface area contributed by atoms with Gasteiger partial charge >= 0.3 is 5.97 Å². The standard InChI is InChI=1S/C9H6BrNO5/c1-16-9(13)6-3-7(10)8(11(14)15)2-5(6)4-12/h2-4H,1H3. The van der Waals surface area contributed by atoms with Gasteiger partial charge in [-0.05, 0) is 22.0 Å². The van der Waals surface area contributed by atoms with Gasteiger partial charge in [0.25, 0.3) is 5.69 Å². The number of rotatable bonds is 3. The fraction of sp³-hybridized carbons (Fsp3) is 0.111. The predicted molar refractivity (Wildman–Crippen MR) is 57.5 cm³/mol. The van der Waals surface area contributed by atoms with E-state index in [0.717, 1.165) is 13.2 Å². The van der Waals surface area contributed by atoms with E-state index in [1.54, 1.807) is 0 Å². The Labute approximate surface area is 98.5 Å². The van der Waals surface area contributed by atoms with Crippen molar-refractivity contribution in [3.05, 3.63) is 37.8 Å². The van der Waals surface area contributed by atoms with Crippen LogP contribution in [-0.4, -0.2) is 24.3 Å². The summed E-state index contributed by atoms with van der Waals surface area (Å²) in [5.74, 6) is -0.724. The van der Waals surface area contributed by atoms with Crippen LogP contribution in [0.5, 0.6) is 0 Å². The number of carbonyl (C=O) groups excluding carboxylic acids is 2. The molecule has 84 valence electrons. The SMILES string of the molecule is COC(=O)c1cc(Br)c([N+](=O)[O-])cc1C=O. The molecule has 0 amide bonds. The molecule has 0 saturated heterocycles. The van der Waals surface area contributed by atoms with E-state index < -0.39 is 10.9 Å². The third kappa shape index (κ3) is 2.25. The van der Waals surface area contributed by atoms with Crippen molar-refractivity contribution < 1.29 is 19.2 Å². The Balaban J connectivity index is 3.43. The van der Waals surface area contributed by atoms with Crippen LogP contribution < -0.4 is 0 Å². The first-order chi connectivity index (χ1) is 7.51. The van der Waals surface area contributed by atoms with Gasteiger partial charge in [-0.15, -0.1) is 0 Å². The smallest absolute Gasteiger partial charge is 0.338 e. The lowest BCUT2D eigenvalue weighted by atomic mass is 10.1. The second-order valence-corrected chi connectivity index (χ2v) is 3.61. The molecule has 0 atom stereocenters. The first kappa shape index (κ1) is 12.3. The van der Waals surface area contributed by atoms with Gasteiger partial charge in [-0.1, -0.05) is 0 Å². The van der Waals surface area contributed by atoms with Gasteiger partial charge in [0, 0.05) is 11.6 Å². The first-order valence-corrected chi connectivity index (χ1v) is 4.82. The Hall–Kier alpha value is -1.76. The summed E-state index contributed by atoms with van der Waals surface area (Å²) in [7, 11) is 1.16. The molecular weight excluding hydrogens is 282 g/mol. The van der Waals surface area contributed by atoms with Crippen molar-refractivity contribution in [2.45, 2.75) is 0 Å². The van der Waals surface area contributed by atoms with Crippen molar-refractivity contribution in [3.8, 4) is 0 Å². The fourth-order valence-electron chi connectivity index (χ4n) is 1.10. The fourth-order valence-corrected chi connectivity index (χ4v) is 1.59. The number of nitro groups is 1. The molecular formula is C9H6BrNO5. The molecule has 1 aromatic rings. The third-order valence-corrected chi connectivity index (χ3v) is 2.48. The molecule has 1 rings (SSSR count). The second kappa shape index (κ2) is 4.84. The van der Waals surface area contributed by atoms with E-state index in [1.165, 1.54) is 6.07 Å². The zero-order valence-electron chi connectivity index (χ0n) is 8.10. The number of nitro benzene ring substituents is 1. The number of halogens is 1. The van der Waals surface area contributed by atoms with Crippen LogP contribution in [-0.2, 0) is 4.74 Å². The van der Waals surface area contributed by atoms with Crippen molar-refractivity contribution in [2.75, 3.05) is 7.11 Å². The zero-order valence-corrected chi connectivity index (χ0v) is 9.68. The number of carbonyl (C=O) groups is 2. The summed E-state index contributed by atoms with van der Waals surface area (Å²) in [6.07, 6.45) is 0.367. The second-order valence-electron chi connectivity index (χ2n) is 2.76. The highest BCUT2D eigenvalue weighted by Gasteiger charge is 2.20. The van der Waals surface area contributed by atoms with Crippen LogP contribution in [0.2, 0.25) is 0 Å². The lowest BCUT2D eigenvalue weighted by Crippen LogP contribution is -2.06. The Morgan fingerprint density at radius 3 is 2.62 bits per heavy atom. The summed E-state index contributed by atoms with van der Waals surface area (Å²) < 4.78 is 4.56. The van der Waals surface area contributed by atoms with Crippen LogP contribution in [0, 0.1) is 10.1 Å². The molecule has 0 radical (unpaired) electrons. The molecule has 0 aromatic heterocycles. The highest BCUT2D eigenvalue weighted by molar-refractivity contribution is 9.10. The molecule has 16 heavy (non-hydrogen) atoms. The van der Waals surface area contributed by atoms with Gasteiger partial charge in [-0.25, -0.2) is 4.79 Å². The summed E-state index contributed by atoms with van der Waals surface area (Å²) in [4.78, 5) is 31.9. The molecule has 0 aliphatic rings. The Bertz CT molecular complexity index is 471. The van der Waals surface area contributed by atoms with E-state index in [4.69, 9.17) is 0 Å². The lowest BCUT2D eigenvalue weighted by Gasteiger charge is -2.03. The van der Waals surface area contributed by atoms with Gasteiger partial charge in [-0.2, -0.15) is 0 Å². The summed E-state index contributed by atoms with van der Waals surface area (Å²) in [6.45, 7) is 0. The van der Waals surface area contributed by atoms with Crippen LogP contribution in [0.25, 0.3) is 0 Å². The van der Waals surface area contributed by atoms with Crippen LogP contribution >= 0.6 is 15.9 Å². The first-order valence-electron chi connectivity index (χ1n) is 4.02. The average molecular weight is 288 g/mol. The van der Waals surface area contributed by atoms with Gasteiger partial charge in [0.1, 0.15) is 0 Å². The van der Waals surface area contributed by atoms with Gasteiger partial charge in [0.05, 0.1) is 22.1 Å². The Morgan fingerprint density at radius 2 is 2.19 bits per heavy atom. The maximum Gasteiger partial charge on any atom is 0.338 e. The molecule has 0 unspecified atom stereocenters. The van der Waals surface area contributed by atoms with Gasteiger partial charge in [0.15, 0.2) is 6.29 Å². The van der Waals surface area contributed by atoms with Crippen LogP contribution in [0.15, 0.2) is 16.6 Å². The van der Waals surface area contributed by atoms with Crippen LogP contribution in [0.3, 0.4) is 0 Å². The molecule has 6 nitrogen and oxygen atoms in total. The highest BCUT2D eigenvalue weighted by atomic mass is 79.9. The molecule has 0 aliphatic heterocycles. The zero-order chi connectivity index (χ0) is 12.3. The number of benzene rings is 1. The van der Waals surface area contributed by atoms with Gasteiger partial charge < -0.3 is 4.74 Å². The molecule has 0 saturated carbocycles. The number of hydrogen-bond acceptors (Lipinski definition) is 5. The Morgan fingerprint density at radius 1 is 1.56 bits per heavy atom. The van der Waals surface area contributed by atoms with Crippen molar-refractivity contribution in [1.29, 1.82) is 0 Å². The van der Waals surface area contributed by atoms with E-state index in [0.29, 0.717) is 6.29 Å². The molecule has 1 aromatic carbocycles. The number of aldehydes is 1. The largest absolute Gasteiger partial charge is 0.465 e. The number of nitrogens with zero attached hydrogens (tertiary/aromatic N) is 1. The van der Waals surface area contributed by atoms with Crippen molar-refractivity contribution in [2.24, 2.45) is 0 Å². The number of methoxy groups -OCH3 is 1. The maximum absolute atomic E-state index is 11.3. The molecule has 0 heterocycles. The minimum atomic E-state index is -0.724. The molecule has 0 N–H and O–H groups in total.